The molecule has 34 heavy (non-hydrogen) atoms. The Hall–Kier alpha value is 0.150. The molecule has 0 unspecified atom stereocenters. The average molecular weight is 503 g/mol. The standard InChI is InChI=1S/C30H63O3P/c1-3-5-7-9-11-13-15-17-19-21-23-25-27-29-32-34(31)33-30-28-26-24-22-20-18-16-14-12-10-8-6-4-2/h34H,3-30H2,1-2H3. The van der Waals surface area contributed by atoms with Gasteiger partial charge in [0.2, 0.25) is 0 Å². The third-order valence-corrected chi connectivity index (χ3v) is 7.82. The van der Waals surface area contributed by atoms with E-state index in [4.69, 9.17) is 9.05 Å². The molecule has 206 valence electrons. The summed E-state index contributed by atoms with van der Waals surface area (Å²) in [5.41, 5.74) is 0. The Morgan fingerprint density at radius 1 is 0.353 bits per heavy atom. The van der Waals surface area contributed by atoms with Crippen LogP contribution in [0.5, 0.6) is 0 Å². The van der Waals surface area contributed by atoms with Gasteiger partial charge < -0.3 is 9.05 Å². The lowest BCUT2D eigenvalue weighted by Gasteiger charge is -2.06. The molecule has 0 saturated carbocycles. The van der Waals surface area contributed by atoms with E-state index in [0.29, 0.717) is 13.2 Å². The van der Waals surface area contributed by atoms with Crippen LogP contribution in [0, 0.1) is 0 Å². The summed E-state index contributed by atoms with van der Waals surface area (Å²) in [7, 11) is -2.27. The fraction of sp³-hybridized carbons (Fsp3) is 1.00. The molecule has 0 fully saturated rings. The van der Waals surface area contributed by atoms with Gasteiger partial charge in [0.1, 0.15) is 0 Å². The maximum absolute atomic E-state index is 11.8. The van der Waals surface area contributed by atoms with Crippen LogP contribution < -0.4 is 0 Å². The van der Waals surface area contributed by atoms with Crippen molar-refractivity contribution in [1.82, 2.24) is 0 Å². The van der Waals surface area contributed by atoms with Crippen molar-refractivity contribution in [2.24, 2.45) is 0 Å². The predicted octanol–water partition coefficient (Wildman–Crippen LogP) is 11.6. The van der Waals surface area contributed by atoms with Crippen molar-refractivity contribution in [1.29, 1.82) is 0 Å². The fourth-order valence-corrected chi connectivity index (χ4v) is 5.30. The zero-order valence-electron chi connectivity index (χ0n) is 23.5. The molecule has 0 aliphatic carbocycles. The predicted molar refractivity (Wildman–Crippen MR) is 152 cm³/mol. The summed E-state index contributed by atoms with van der Waals surface area (Å²) in [5, 5.41) is 0. The first-order valence-corrected chi connectivity index (χ1v) is 16.8. The van der Waals surface area contributed by atoms with Gasteiger partial charge in [-0.2, -0.15) is 0 Å². The van der Waals surface area contributed by atoms with Gasteiger partial charge in [0.15, 0.2) is 0 Å². The zero-order chi connectivity index (χ0) is 24.8. The largest absolute Gasteiger partial charge is 0.319 e. The molecule has 0 radical (unpaired) electrons. The Balaban J connectivity index is 3.14. The van der Waals surface area contributed by atoms with Crippen molar-refractivity contribution in [2.75, 3.05) is 13.2 Å². The van der Waals surface area contributed by atoms with Gasteiger partial charge in [-0.25, -0.2) is 0 Å². The second kappa shape index (κ2) is 31.2. The Morgan fingerprint density at radius 2 is 0.559 bits per heavy atom. The summed E-state index contributed by atoms with van der Waals surface area (Å²) in [6, 6.07) is 0. The molecule has 0 aromatic heterocycles. The summed E-state index contributed by atoms with van der Waals surface area (Å²) >= 11 is 0. The third-order valence-electron chi connectivity index (χ3n) is 6.94. The lowest BCUT2D eigenvalue weighted by molar-refractivity contribution is 0.218. The van der Waals surface area contributed by atoms with Gasteiger partial charge in [0.25, 0.3) is 0 Å². The van der Waals surface area contributed by atoms with Gasteiger partial charge in [-0.1, -0.05) is 168 Å². The number of hydrogen-bond acceptors (Lipinski definition) is 3. The van der Waals surface area contributed by atoms with Crippen LogP contribution in [-0.2, 0) is 13.6 Å². The maximum Gasteiger partial charge on any atom is 0.319 e. The molecule has 4 heteroatoms. The van der Waals surface area contributed by atoms with E-state index in [1.165, 1.54) is 154 Å². The van der Waals surface area contributed by atoms with Crippen LogP contribution in [0.2, 0.25) is 0 Å². The van der Waals surface area contributed by atoms with E-state index in [1.54, 1.807) is 0 Å². The Bertz CT molecular complexity index is 355. The van der Waals surface area contributed by atoms with E-state index < -0.39 is 8.25 Å². The molecule has 0 N–H and O–H groups in total. The van der Waals surface area contributed by atoms with Crippen LogP contribution in [0.4, 0.5) is 0 Å². The first-order valence-electron chi connectivity index (χ1n) is 15.6. The SMILES string of the molecule is CCCCCCCCCCCCCCCO[PH](=O)OCCCCCCCCCCCCCCC. The van der Waals surface area contributed by atoms with Crippen LogP contribution >= 0.6 is 8.25 Å². The zero-order valence-corrected chi connectivity index (χ0v) is 24.5. The minimum absolute atomic E-state index is 0.591. The van der Waals surface area contributed by atoms with Crippen LogP contribution in [0.15, 0.2) is 0 Å². The summed E-state index contributed by atoms with van der Waals surface area (Å²) in [6.45, 7) is 5.74. The summed E-state index contributed by atoms with van der Waals surface area (Å²) < 4.78 is 22.6. The molecule has 0 amide bonds. The van der Waals surface area contributed by atoms with Gasteiger partial charge in [-0.05, 0) is 12.8 Å². The van der Waals surface area contributed by atoms with Crippen molar-refractivity contribution in [2.45, 2.75) is 181 Å². The minimum Gasteiger partial charge on any atom is -0.311 e. The molecule has 0 aromatic rings. The topological polar surface area (TPSA) is 35.5 Å². The van der Waals surface area contributed by atoms with Crippen LogP contribution in [0.25, 0.3) is 0 Å². The molecule has 0 aliphatic heterocycles. The Morgan fingerprint density at radius 3 is 0.794 bits per heavy atom. The van der Waals surface area contributed by atoms with E-state index >= 15 is 0 Å². The average Bonchev–Trinajstić information content (AvgIpc) is 2.84. The molecular formula is C30H63O3P. The normalized spacial score (nSPS) is 11.6. The van der Waals surface area contributed by atoms with Crippen LogP contribution in [-0.4, -0.2) is 13.2 Å². The van der Waals surface area contributed by atoms with Crippen LogP contribution in [0.1, 0.15) is 181 Å². The van der Waals surface area contributed by atoms with Crippen molar-refractivity contribution >= 4 is 8.25 Å². The monoisotopic (exact) mass is 502 g/mol. The molecule has 0 saturated heterocycles. The first kappa shape index (κ1) is 34.1. The van der Waals surface area contributed by atoms with E-state index in [0.717, 1.165) is 12.8 Å². The molecule has 0 heterocycles. The minimum atomic E-state index is -2.27. The Kier molecular flexibility index (Phi) is 31.3. The highest BCUT2D eigenvalue weighted by Gasteiger charge is 2.00. The van der Waals surface area contributed by atoms with Gasteiger partial charge >= 0.3 is 8.25 Å². The van der Waals surface area contributed by atoms with Crippen molar-refractivity contribution < 1.29 is 13.6 Å². The molecule has 0 atom stereocenters. The van der Waals surface area contributed by atoms with E-state index in [9.17, 15) is 4.57 Å². The van der Waals surface area contributed by atoms with Crippen molar-refractivity contribution in [3.63, 3.8) is 0 Å². The van der Waals surface area contributed by atoms with E-state index in [2.05, 4.69) is 13.8 Å². The lowest BCUT2D eigenvalue weighted by atomic mass is 10.0. The molecule has 0 rings (SSSR count). The van der Waals surface area contributed by atoms with Crippen molar-refractivity contribution in [3.8, 4) is 0 Å². The third kappa shape index (κ3) is 30.2. The first-order chi connectivity index (χ1) is 16.8. The summed E-state index contributed by atoms with van der Waals surface area (Å²) in [4.78, 5) is 0. The highest BCUT2D eigenvalue weighted by molar-refractivity contribution is 7.33. The quantitative estimate of drug-likeness (QED) is 0.0723. The molecule has 0 aromatic carbocycles. The molecular weight excluding hydrogens is 439 g/mol. The van der Waals surface area contributed by atoms with Gasteiger partial charge in [0, 0.05) is 0 Å². The second-order valence-corrected chi connectivity index (χ2v) is 11.5. The lowest BCUT2D eigenvalue weighted by Crippen LogP contribution is -1.92. The highest BCUT2D eigenvalue weighted by atomic mass is 31.1. The van der Waals surface area contributed by atoms with Crippen molar-refractivity contribution in [3.05, 3.63) is 0 Å². The van der Waals surface area contributed by atoms with E-state index in [-0.39, 0.29) is 0 Å². The molecule has 0 bridgehead atoms. The second-order valence-electron chi connectivity index (χ2n) is 10.4. The maximum atomic E-state index is 11.8. The smallest absolute Gasteiger partial charge is 0.311 e. The number of hydrogen-bond donors (Lipinski definition) is 0. The molecule has 0 spiro atoms. The van der Waals surface area contributed by atoms with E-state index in [1.807, 2.05) is 0 Å². The van der Waals surface area contributed by atoms with Crippen LogP contribution in [0.3, 0.4) is 0 Å². The summed E-state index contributed by atoms with van der Waals surface area (Å²) in [6.07, 6.45) is 34.9. The Labute approximate surface area is 215 Å². The summed E-state index contributed by atoms with van der Waals surface area (Å²) in [5.74, 6) is 0. The highest BCUT2D eigenvalue weighted by Crippen LogP contribution is 2.25. The molecule has 3 nitrogen and oxygen atoms in total. The van der Waals surface area contributed by atoms with Gasteiger partial charge in [-0.15, -0.1) is 0 Å². The number of unbranched alkanes of at least 4 members (excludes halogenated alkanes) is 24. The molecule has 0 aliphatic rings. The van der Waals surface area contributed by atoms with Gasteiger partial charge in [0.05, 0.1) is 13.2 Å². The number of rotatable bonds is 30. The van der Waals surface area contributed by atoms with Gasteiger partial charge in [-0.3, -0.25) is 4.57 Å². The fourth-order valence-electron chi connectivity index (χ4n) is 4.59.